The second-order valence-electron chi connectivity index (χ2n) is 4.26. The molecule has 0 spiro atoms. The van der Waals surface area contributed by atoms with Crippen LogP contribution in [0, 0.1) is 0 Å². The van der Waals surface area contributed by atoms with Crippen LogP contribution in [0.5, 0.6) is 5.75 Å². The smallest absolute Gasteiger partial charge is 0.143 e. The van der Waals surface area contributed by atoms with Crippen molar-refractivity contribution in [2.45, 2.75) is 0 Å². The van der Waals surface area contributed by atoms with Crippen LogP contribution in [0.1, 0.15) is 0 Å². The fraction of sp³-hybridized carbons (Fsp3) is 0.0769. The lowest BCUT2D eigenvalue weighted by molar-refractivity contribution is 0.417. The third kappa shape index (κ3) is 2.57. The minimum absolute atomic E-state index is 0.469. The monoisotopic (exact) mass is 340 g/mol. The van der Waals surface area contributed by atoms with Crippen LogP contribution < -0.4 is 15.8 Å². The summed E-state index contributed by atoms with van der Waals surface area (Å²) in [4.78, 5) is 0. The van der Waals surface area contributed by atoms with E-state index in [2.05, 4.69) is 14.1 Å². The minimum atomic E-state index is 0.469. The molecule has 3 aromatic rings. The molecule has 0 unspecified atom stereocenters. The van der Waals surface area contributed by atoms with Crippen molar-refractivity contribution in [2.24, 2.45) is 0 Å². The fourth-order valence-corrected chi connectivity index (χ4v) is 3.09. The summed E-state index contributed by atoms with van der Waals surface area (Å²) in [7, 11) is 1.56. The number of nitrogen functional groups attached to an aromatic ring is 1. The number of aromatic nitrogens is 2. The standard InChI is InChI=1S/C13H10Cl2N4OS/c1-20-10-4-6(2-3-9(10)16)17-11-7(14)5-8(15)12-13(11)19-21-18-12/h2-5,17H,16H2,1H3. The average molecular weight is 341 g/mol. The van der Waals surface area contributed by atoms with Crippen molar-refractivity contribution in [3.63, 3.8) is 0 Å². The molecule has 2 aromatic carbocycles. The summed E-state index contributed by atoms with van der Waals surface area (Å²) in [6.07, 6.45) is 0. The van der Waals surface area contributed by atoms with Crippen LogP contribution in [-0.2, 0) is 0 Å². The Balaban J connectivity index is 2.08. The van der Waals surface area contributed by atoms with E-state index >= 15 is 0 Å². The van der Waals surface area contributed by atoms with Gasteiger partial charge in [0.15, 0.2) is 0 Å². The number of fused-ring (bicyclic) bond motifs is 1. The number of benzene rings is 2. The van der Waals surface area contributed by atoms with Crippen LogP contribution in [0.25, 0.3) is 11.0 Å². The highest BCUT2D eigenvalue weighted by atomic mass is 35.5. The van der Waals surface area contributed by atoms with E-state index in [-0.39, 0.29) is 0 Å². The molecule has 3 rings (SSSR count). The molecular weight excluding hydrogens is 331 g/mol. The molecule has 5 nitrogen and oxygen atoms in total. The van der Waals surface area contributed by atoms with Gasteiger partial charge >= 0.3 is 0 Å². The van der Waals surface area contributed by atoms with E-state index in [0.717, 1.165) is 17.4 Å². The summed E-state index contributed by atoms with van der Waals surface area (Å²) < 4.78 is 13.6. The van der Waals surface area contributed by atoms with E-state index < -0.39 is 0 Å². The minimum Gasteiger partial charge on any atom is -0.495 e. The van der Waals surface area contributed by atoms with E-state index in [1.807, 2.05) is 6.07 Å². The van der Waals surface area contributed by atoms with Gasteiger partial charge in [-0.05, 0) is 18.2 Å². The van der Waals surface area contributed by atoms with Gasteiger partial charge in [0.1, 0.15) is 16.8 Å². The number of halogens is 2. The van der Waals surface area contributed by atoms with Gasteiger partial charge in [0.2, 0.25) is 0 Å². The first-order valence-corrected chi connectivity index (χ1v) is 7.39. The third-order valence-corrected chi connectivity index (χ3v) is 4.06. The molecule has 108 valence electrons. The Kier molecular flexibility index (Phi) is 3.75. The van der Waals surface area contributed by atoms with Crippen molar-refractivity contribution in [3.05, 3.63) is 34.3 Å². The van der Waals surface area contributed by atoms with Crippen LogP contribution in [0.15, 0.2) is 24.3 Å². The van der Waals surface area contributed by atoms with Crippen molar-refractivity contribution in [3.8, 4) is 5.75 Å². The zero-order chi connectivity index (χ0) is 15.0. The van der Waals surface area contributed by atoms with Gasteiger partial charge in [-0.25, -0.2) is 0 Å². The van der Waals surface area contributed by atoms with Gasteiger partial charge in [-0.1, -0.05) is 23.2 Å². The summed E-state index contributed by atoms with van der Waals surface area (Å²) >= 11 is 13.4. The zero-order valence-corrected chi connectivity index (χ0v) is 13.2. The zero-order valence-electron chi connectivity index (χ0n) is 10.9. The number of nitrogens with two attached hydrogens (primary N) is 1. The van der Waals surface area contributed by atoms with Gasteiger partial charge in [-0.3, -0.25) is 0 Å². The largest absolute Gasteiger partial charge is 0.495 e. The lowest BCUT2D eigenvalue weighted by atomic mass is 10.2. The molecule has 0 radical (unpaired) electrons. The van der Waals surface area contributed by atoms with E-state index in [0.29, 0.717) is 38.2 Å². The molecule has 0 saturated carbocycles. The lowest BCUT2D eigenvalue weighted by Crippen LogP contribution is -1.96. The number of ether oxygens (including phenoxy) is 1. The molecule has 8 heteroatoms. The first kappa shape index (κ1) is 14.2. The predicted molar refractivity (Wildman–Crippen MR) is 88.1 cm³/mol. The highest BCUT2D eigenvalue weighted by Gasteiger charge is 2.14. The maximum atomic E-state index is 6.25. The van der Waals surface area contributed by atoms with Gasteiger partial charge in [0.25, 0.3) is 0 Å². The summed E-state index contributed by atoms with van der Waals surface area (Å²) in [5.74, 6) is 0.581. The van der Waals surface area contributed by atoms with Gasteiger partial charge in [0, 0.05) is 11.8 Å². The van der Waals surface area contributed by atoms with Crippen LogP contribution in [-0.4, -0.2) is 15.9 Å². The number of hydrogen-bond acceptors (Lipinski definition) is 6. The Hall–Kier alpha value is -1.76. The summed E-state index contributed by atoms with van der Waals surface area (Å²) in [6, 6.07) is 7.01. The highest BCUT2D eigenvalue weighted by molar-refractivity contribution is 7.00. The van der Waals surface area contributed by atoms with E-state index in [9.17, 15) is 0 Å². The molecule has 0 aliphatic heterocycles. The first-order valence-electron chi connectivity index (χ1n) is 5.91. The molecule has 21 heavy (non-hydrogen) atoms. The normalized spacial score (nSPS) is 10.8. The Labute approximate surface area is 135 Å². The second kappa shape index (κ2) is 5.55. The fourth-order valence-electron chi connectivity index (χ4n) is 1.93. The Morgan fingerprint density at radius 2 is 1.90 bits per heavy atom. The van der Waals surface area contributed by atoms with Gasteiger partial charge in [0.05, 0.1) is 40.3 Å². The Morgan fingerprint density at radius 3 is 2.67 bits per heavy atom. The highest BCUT2D eigenvalue weighted by Crippen LogP contribution is 2.37. The molecule has 1 heterocycles. The van der Waals surface area contributed by atoms with E-state index in [1.165, 1.54) is 0 Å². The maximum Gasteiger partial charge on any atom is 0.143 e. The Morgan fingerprint density at radius 1 is 1.14 bits per heavy atom. The molecule has 0 atom stereocenters. The molecule has 0 bridgehead atoms. The molecular formula is C13H10Cl2N4OS. The first-order chi connectivity index (χ1) is 10.1. The molecule has 1 aromatic heterocycles. The van der Waals surface area contributed by atoms with Crippen molar-refractivity contribution in [1.82, 2.24) is 8.75 Å². The molecule has 0 fully saturated rings. The average Bonchev–Trinajstić information content (AvgIpc) is 2.95. The van der Waals surface area contributed by atoms with Crippen LogP contribution in [0.3, 0.4) is 0 Å². The number of anilines is 3. The molecule has 3 N–H and O–H groups in total. The quantitative estimate of drug-likeness (QED) is 0.694. The second-order valence-corrected chi connectivity index (χ2v) is 5.60. The molecule has 0 aliphatic rings. The Bertz CT molecular complexity index is 821. The molecule has 0 saturated heterocycles. The van der Waals surface area contributed by atoms with Gasteiger partial charge < -0.3 is 15.8 Å². The maximum absolute atomic E-state index is 6.25. The SMILES string of the molecule is COc1cc(Nc2c(Cl)cc(Cl)c3nsnc23)ccc1N. The topological polar surface area (TPSA) is 73.1 Å². The molecule has 0 amide bonds. The number of rotatable bonds is 3. The predicted octanol–water partition coefficient (Wildman–Crippen LogP) is 4.33. The van der Waals surface area contributed by atoms with Crippen LogP contribution in [0.2, 0.25) is 10.0 Å². The number of methoxy groups -OCH3 is 1. The van der Waals surface area contributed by atoms with Crippen molar-refractivity contribution in [1.29, 1.82) is 0 Å². The lowest BCUT2D eigenvalue weighted by Gasteiger charge is -2.12. The van der Waals surface area contributed by atoms with Gasteiger partial charge in [-0.15, -0.1) is 0 Å². The molecule has 0 aliphatic carbocycles. The number of hydrogen-bond donors (Lipinski definition) is 2. The van der Waals surface area contributed by atoms with E-state index in [4.69, 9.17) is 33.7 Å². The van der Waals surface area contributed by atoms with Crippen molar-refractivity contribution < 1.29 is 4.74 Å². The van der Waals surface area contributed by atoms with Crippen molar-refractivity contribution in [2.75, 3.05) is 18.2 Å². The summed E-state index contributed by atoms with van der Waals surface area (Å²) in [5.41, 5.74) is 9.04. The van der Waals surface area contributed by atoms with Crippen molar-refractivity contribution >= 4 is 63.0 Å². The summed E-state index contributed by atoms with van der Waals surface area (Å²) in [5, 5.41) is 4.15. The van der Waals surface area contributed by atoms with Crippen LogP contribution in [0.4, 0.5) is 17.1 Å². The van der Waals surface area contributed by atoms with Crippen LogP contribution >= 0.6 is 34.9 Å². The third-order valence-electron chi connectivity index (χ3n) is 2.95. The van der Waals surface area contributed by atoms with Gasteiger partial charge in [-0.2, -0.15) is 8.75 Å². The van der Waals surface area contributed by atoms with E-state index in [1.54, 1.807) is 25.3 Å². The summed E-state index contributed by atoms with van der Waals surface area (Å²) in [6.45, 7) is 0. The number of nitrogens with zero attached hydrogens (tertiary/aromatic N) is 2. The number of nitrogens with one attached hydrogen (secondary N) is 1.